The summed E-state index contributed by atoms with van der Waals surface area (Å²) in [5.41, 5.74) is 2.42. The third kappa shape index (κ3) is 5.92. The molecule has 3 N–H and O–H groups in total. The lowest BCUT2D eigenvalue weighted by Crippen LogP contribution is -2.36. The van der Waals surface area contributed by atoms with E-state index in [4.69, 9.17) is 10.1 Å². The molecule has 0 aliphatic carbocycles. The second-order valence-corrected chi connectivity index (χ2v) is 8.06. The fourth-order valence-electron chi connectivity index (χ4n) is 3.93. The number of aromatic carboxylic acids is 1. The van der Waals surface area contributed by atoms with E-state index < -0.39 is 18.1 Å². The summed E-state index contributed by atoms with van der Waals surface area (Å²) in [7, 11) is 0. The minimum absolute atomic E-state index is 0.0267. The van der Waals surface area contributed by atoms with Gasteiger partial charge in [-0.05, 0) is 48.4 Å². The normalized spacial score (nSPS) is 13.8. The van der Waals surface area contributed by atoms with Gasteiger partial charge in [0.1, 0.15) is 11.6 Å². The first kappa shape index (κ1) is 25.0. The van der Waals surface area contributed by atoms with Gasteiger partial charge in [-0.3, -0.25) is 0 Å². The van der Waals surface area contributed by atoms with Crippen LogP contribution in [0.5, 0.6) is 5.75 Å². The predicted octanol–water partition coefficient (Wildman–Crippen LogP) is 5.31. The number of halogens is 3. The van der Waals surface area contributed by atoms with Gasteiger partial charge in [-0.1, -0.05) is 18.2 Å². The van der Waals surface area contributed by atoms with Crippen molar-refractivity contribution in [1.82, 2.24) is 4.98 Å². The second kappa shape index (κ2) is 10.2. The summed E-state index contributed by atoms with van der Waals surface area (Å²) in [5.74, 6) is -1.71. The Morgan fingerprint density at radius 2 is 1.83 bits per heavy atom. The van der Waals surface area contributed by atoms with Crippen LogP contribution in [0.15, 0.2) is 54.6 Å². The fourth-order valence-corrected chi connectivity index (χ4v) is 3.93. The minimum Gasteiger partial charge on any atom is -0.477 e. The van der Waals surface area contributed by atoms with Gasteiger partial charge < -0.3 is 30.2 Å². The summed E-state index contributed by atoms with van der Waals surface area (Å²) >= 11 is 0. The molecule has 2 aromatic carbocycles. The van der Waals surface area contributed by atoms with Gasteiger partial charge >= 0.3 is 12.3 Å². The monoisotopic (exact) mass is 500 g/mol. The van der Waals surface area contributed by atoms with Crippen molar-refractivity contribution in [3.63, 3.8) is 0 Å². The predicted molar refractivity (Wildman–Crippen MR) is 129 cm³/mol. The van der Waals surface area contributed by atoms with Gasteiger partial charge in [-0.25, -0.2) is 9.78 Å². The number of hydrogen-bond acceptors (Lipinski definition) is 7. The third-order valence-electron chi connectivity index (χ3n) is 5.50. The number of alkyl halides is 3. The summed E-state index contributed by atoms with van der Waals surface area (Å²) in [6, 6.07) is 14.0. The van der Waals surface area contributed by atoms with E-state index >= 15 is 0 Å². The number of morpholine rings is 1. The standard InChI is InChI=1S/C25H23F3N4O4/c1-15(29)22-20(16-5-7-18(8-6-16)32-9-11-35-12-10-32)14-21(24(33)34)31-23(22)30-17-3-2-4-19(13-17)36-25(26,27)28/h2-8,13-14,29H,9-12H2,1H3,(H,30,31)(H,33,34). The molecule has 0 bridgehead atoms. The molecule has 0 unspecified atom stereocenters. The zero-order valence-corrected chi connectivity index (χ0v) is 19.2. The number of pyridine rings is 1. The Hall–Kier alpha value is -4.12. The smallest absolute Gasteiger partial charge is 0.477 e. The Morgan fingerprint density at radius 3 is 2.44 bits per heavy atom. The number of anilines is 3. The molecule has 8 nitrogen and oxygen atoms in total. The number of carbonyl (C=O) groups is 1. The molecule has 4 rings (SSSR count). The topological polar surface area (TPSA) is 108 Å². The average molecular weight is 500 g/mol. The van der Waals surface area contributed by atoms with E-state index in [1.54, 1.807) is 0 Å². The Balaban J connectivity index is 1.74. The molecule has 1 aliphatic heterocycles. The molecule has 188 valence electrons. The van der Waals surface area contributed by atoms with Crippen LogP contribution in [0.3, 0.4) is 0 Å². The van der Waals surface area contributed by atoms with Crippen molar-refractivity contribution in [3.05, 3.63) is 65.9 Å². The van der Waals surface area contributed by atoms with Crippen LogP contribution in [-0.4, -0.2) is 54.4 Å². The molecule has 0 amide bonds. The fraction of sp³-hybridized carbons (Fsp3) is 0.240. The molecule has 1 fully saturated rings. The summed E-state index contributed by atoms with van der Waals surface area (Å²) in [4.78, 5) is 18.1. The Bertz CT molecular complexity index is 1270. The molecule has 0 atom stereocenters. The lowest BCUT2D eigenvalue weighted by molar-refractivity contribution is -0.274. The van der Waals surface area contributed by atoms with Crippen LogP contribution in [0.2, 0.25) is 0 Å². The zero-order valence-electron chi connectivity index (χ0n) is 19.2. The highest BCUT2D eigenvalue weighted by atomic mass is 19.4. The molecule has 0 spiro atoms. The van der Waals surface area contributed by atoms with Gasteiger partial charge in [-0.15, -0.1) is 13.2 Å². The first-order valence-electron chi connectivity index (χ1n) is 11.0. The highest BCUT2D eigenvalue weighted by molar-refractivity contribution is 6.08. The molecule has 36 heavy (non-hydrogen) atoms. The number of hydrogen-bond donors (Lipinski definition) is 3. The molecular weight excluding hydrogens is 477 g/mol. The maximum atomic E-state index is 12.6. The van der Waals surface area contributed by atoms with Crippen LogP contribution in [-0.2, 0) is 4.74 Å². The van der Waals surface area contributed by atoms with Crippen LogP contribution in [0.4, 0.5) is 30.4 Å². The van der Waals surface area contributed by atoms with Gasteiger partial charge in [0.05, 0.1) is 13.2 Å². The first-order chi connectivity index (χ1) is 17.1. The molecule has 3 aromatic rings. The molecule has 1 aliphatic rings. The van der Waals surface area contributed by atoms with Crippen molar-refractivity contribution in [3.8, 4) is 16.9 Å². The van der Waals surface area contributed by atoms with Crippen molar-refractivity contribution in [2.24, 2.45) is 0 Å². The quantitative estimate of drug-likeness (QED) is 0.377. The number of nitrogens with one attached hydrogen (secondary N) is 2. The number of carboxylic acids is 1. The molecule has 1 aromatic heterocycles. The molecule has 0 saturated carbocycles. The van der Waals surface area contributed by atoms with Crippen LogP contribution < -0.4 is 15.0 Å². The van der Waals surface area contributed by atoms with Crippen molar-refractivity contribution in [1.29, 1.82) is 5.41 Å². The molecule has 11 heteroatoms. The first-order valence-corrected chi connectivity index (χ1v) is 11.0. The number of rotatable bonds is 7. The van der Waals surface area contributed by atoms with E-state index in [1.807, 2.05) is 24.3 Å². The molecule has 1 saturated heterocycles. The second-order valence-electron chi connectivity index (χ2n) is 8.06. The van der Waals surface area contributed by atoms with E-state index in [1.165, 1.54) is 25.1 Å². The lowest BCUT2D eigenvalue weighted by atomic mass is 9.96. The van der Waals surface area contributed by atoms with Gasteiger partial charge in [-0.2, -0.15) is 0 Å². The van der Waals surface area contributed by atoms with Crippen molar-refractivity contribution < 1.29 is 32.5 Å². The van der Waals surface area contributed by atoms with Crippen LogP contribution in [0.1, 0.15) is 23.0 Å². The summed E-state index contributed by atoms with van der Waals surface area (Å²) in [6.07, 6.45) is -4.86. The summed E-state index contributed by atoms with van der Waals surface area (Å²) in [5, 5.41) is 20.9. The number of benzene rings is 2. The minimum atomic E-state index is -4.86. The Labute approximate surface area is 204 Å². The summed E-state index contributed by atoms with van der Waals surface area (Å²) < 4.78 is 47.3. The van der Waals surface area contributed by atoms with Gasteiger partial charge in [0.15, 0.2) is 5.69 Å². The number of ether oxygens (including phenoxy) is 2. The average Bonchev–Trinajstić information content (AvgIpc) is 2.83. The highest BCUT2D eigenvalue weighted by Crippen LogP contribution is 2.34. The van der Waals surface area contributed by atoms with Crippen molar-refractivity contribution >= 4 is 28.9 Å². The number of nitrogens with zero attached hydrogens (tertiary/aromatic N) is 2. The zero-order chi connectivity index (χ0) is 25.9. The maximum absolute atomic E-state index is 12.6. The van der Waals surface area contributed by atoms with Gasteiger partial charge in [0, 0.05) is 41.8 Å². The van der Waals surface area contributed by atoms with Crippen molar-refractivity contribution in [2.45, 2.75) is 13.3 Å². The largest absolute Gasteiger partial charge is 0.573 e. The lowest BCUT2D eigenvalue weighted by Gasteiger charge is -2.29. The van der Waals surface area contributed by atoms with Gasteiger partial charge in [0.25, 0.3) is 0 Å². The molecular formula is C25H23F3N4O4. The Kier molecular flexibility index (Phi) is 7.11. The number of carboxylic acid groups (broad SMARTS) is 1. The van der Waals surface area contributed by atoms with Gasteiger partial charge in [0.2, 0.25) is 0 Å². The number of aromatic nitrogens is 1. The van der Waals surface area contributed by atoms with E-state index in [0.29, 0.717) is 29.9 Å². The van der Waals surface area contributed by atoms with E-state index in [9.17, 15) is 23.1 Å². The van der Waals surface area contributed by atoms with E-state index in [0.717, 1.165) is 30.9 Å². The molecule has 2 heterocycles. The van der Waals surface area contributed by atoms with Crippen molar-refractivity contribution in [2.75, 3.05) is 36.5 Å². The van der Waals surface area contributed by atoms with Crippen LogP contribution in [0.25, 0.3) is 11.1 Å². The summed E-state index contributed by atoms with van der Waals surface area (Å²) in [6.45, 7) is 4.31. The third-order valence-corrected chi connectivity index (χ3v) is 5.50. The van der Waals surface area contributed by atoms with E-state index in [2.05, 4.69) is 19.9 Å². The SMILES string of the molecule is CC(=N)c1c(-c2ccc(N3CCOCC3)cc2)cc(C(=O)O)nc1Nc1cccc(OC(F)(F)F)c1. The van der Waals surface area contributed by atoms with Crippen LogP contribution in [0, 0.1) is 5.41 Å². The maximum Gasteiger partial charge on any atom is 0.573 e. The van der Waals surface area contributed by atoms with Crippen LogP contribution >= 0.6 is 0 Å². The molecule has 0 radical (unpaired) electrons. The van der Waals surface area contributed by atoms with E-state index in [-0.39, 0.29) is 22.9 Å². The Morgan fingerprint density at radius 1 is 1.14 bits per heavy atom. The highest BCUT2D eigenvalue weighted by Gasteiger charge is 2.31.